The molecule has 33 heavy (non-hydrogen) atoms. The molecule has 0 aromatic rings. The van der Waals surface area contributed by atoms with Crippen LogP contribution in [0.25, 0.3) is 0 Å². The molecule has 0 aromatic carbocycles. The van der Waals surface area contributed by atoms with Crippen molar-refractivity contribution in [2.45, 2.75) is 83.8 Å². The van der Waals surface area contributed by atoms with E-state index in [9.17, 15) is 39.0 Å². The van der Waals surface area contributed by atoms with Crippen molar-refractivity contribution in [3.05, 3.63) is 0 Å². The van der Waals surface area contributed by atoms with E-state index in [0.29, 0.717) is 0 Å². The summed E-state index contributed by atoms with van der Waals surface area (Å²) in [6.45, 7) is 7.55. The average molecular weight is 472 g/mol. The molecule has 0 spiro atoms. The first kappa shape index (κ1) is 27.8. The Morgan fingerprint density at radius 2 is 1.21 bits per heavy atom. The first-order chi connectivity index (χ1) is 15.2. The van der Waals surface area contributed by atoms with Crippen molar-refractivity contribution < 1.29 is 39.0 Å². The van der Waals surface area contributed by atoms with Gasteiger partial charge in [-0.3, -0.25) is 28.8 Å². The molecule has 1 aliphatic rings. The molecule has 0 unspecified atom stereocenters. The third kappa shape index (κ3) is 8.67. The molecule has 5 amide bonds. The highest BCUT2D eigenvalue weighted by Gasteiger charge is 2.35. The molecule has 0 aliphatic carbocycles. The van der Waals surface area contributed by atoms with Crippen molar-refractivity contribution in [3.63, 3.8) is 0 Å². The normalized spacial score (nSPS) is 28.9. The first-order valence-electron chi connectivity index (χ1n) is 10.6. The molecular formula is C20H33N5O8. The minimum atomic E-state index is -1.59. The van der Waals surface area contributed by atoms with Crippen LogP contribution in [0.1, 0.15) is 47.5 Å². The van der Waals surface area contributed by atoms with Gasteiger partial charge in [0.2, 0.25) is 29.5 Å². The van der Waals surface area contributed by atoms with Crippen LogP contribution in [0.15, 0.2) is 0 Å². The number of carboxylic acids is 1. The Labute approximate surface area is 191 Å². The van der Waals surface area contributed by atoms with E-state index in [4.69, 9.17) is 0 Å². The third-order valence-electron chi connectivity index (χ3n) is 4.92. The van der Waals surface area contributed by atoms with E-state index in [-0.39, 0.29) is 12.3 Å². The molecule has 6 atom stereocenters. The van der Waals surface area contributed by atoms with Crippen molar-refractivity contribution in [1.29, 1.82) is 0 Å². The Bertz CT molecular complexity index is 784. The van der Waals surface area contributed by atoms with Crippen molar-refractivity contribution >= 4 is 35.5 Å². The fourth-order valence-electron chi connectivity index (χ4n) is 3.09. The Balaban J connectivity index is 3.38. The first-order valence-corrected chi connectivity index (χ1v) is 10.6. The molecule has 0 bridgehead atoms. The Morgan fingerprint density at radius 1 is 0.758 bits per heavy atom. The van der Waals surface area contributed by atoms with Crippen LogP contribution in [0.2, 0.25) is 0 Å². The van der Waals surface area contributed by atoms with Crippen molar-refractivity contribution in [2.75, 3.05) is 0 Å². The van der Waals surface area contributed by atoms with Crippen LogP contribution >= 0.6 is 0 Å². The number of aliphatic carboxylic acids is 1. The average Bonchev–Trinajstić information content (AvgIpc) is 2.68. The van der Waals surface area contributed by atoms with Gasteiger partial charge in [-0.1, -0.05) is 13.8 Å². The lowest BCUT2D eigenvalue weighted by molar-refractivity contribution is -0.141. The second kappa shape index (κ2) is 12.1. The molecule has 1 aliphatic heterocycles. The zero-order valence-corrected chi connectivity index (χ0v) is 19.3. The summed E-state index contributed by atoms with van der Waals surface area (Å²) in [5.41, 5.74) is 0. The van der Waals surface area contributed by atoms with Crippen LogP contribution < -0.4 is 26.6 Å². The largest absolute Gasteiger partial charge is 0.481 e. The van der Waals surface area contributed by atoms with Gasteiger partial charge in [-0.2, -0.15) is 0 Å². The summed E-state index contributed by atoms with van der Waals surface area (Å²) in [4.78, 5) is 74.4. The molecule has 1 fully saturated rings. The van der Waals surface area contributed by atoms with Gasteiger partial charge in [0.05, 0.1) is 12.5 Å². The molecule has 13 heteroatoms. The number of hydrogen-bond donors (Lipinski definition) is 7. The van der Waals surface area contributed by atoms with Crippen LogP contribution in [0.3, 0.4) is 0 Å². The number of aliphatic hydroxyl groups excluding tert-OH is 1. The molecule has 7 N–H and O–H groups in total. The smallest absolute Gasteiger partial charge is 0.305 e. The molecular weight excluding hydrogens is 438 g/mol. The summed E-state index contributed by atoms with van der Waals surface area (Å²) in [5.74, 6) is -5.58. The van der Waals surface area contributed by atoms with E-state index < -0.39 is 78.2 Å². The summed E-state index contributed by atoms with van der Waals surface area (Å²) in [6.07, 6.45) is -2.04. The monoisotopic (exact) mass is 471 g/mol. The lowest BCUT2D eigenvalue weighted by Gasteiger charge is -2.26. The summed E-state index contributed by atoms with van der Waals surface area (Å²) < 4.78 is 0. The maximum absolute atomic E-state index is 12.9. The zero-order chi connectivity index (χ0) is 25.5. The molecule has 0 saturated carbocycles. The number of amides is 5. The van der Waals surface area contributed by atoms with Gasteiger partial charge in [0, 0.05) is 0 Å². The number of rotatable bonds is 5. The quantitative estimate of drug-likeness (QED) is 0.225. The van der Waals surface area contributed by atoms with Crippen LogP contribution in [0.5, 0.6) is 0 Å². The minimum absolute atomic E-state index is 0.0544. The Hall–Kier alpha value is -3.22. The molecule has 0 radical (unpaired) electrons. The number of hydrogen-bond acceptors (Lipinski definition) is 7. The van der Waals surface area contributed by atoms with Crippen LogP contribution in [-0.4, -0.2) is 82.0 Å². The molecule has 1 heterocycles. The van der Waals surface area contributed by atoms with Gasteiger partial charge >= 0.3 is 5.97 Å². The maximum atomic E-state index is 12.9. The lowest BCUT2D eigenvalue weighted by Crippen LogP contribution is -2.60. The highest BCUT2D eigenvalue weighted by Crippen LogP contribution is 2.08. The molecule has 1 rings (SSSR count). The molecule has 1 saturated heterocycles. The Kier molecular flexibility index (Phi) is 10.2. The van der Waals surface area contributed by atoms with E-state index in [1.54, 1.807) is 13.8 Å². The predicted molar refractivity (Wildman–Crippen MR) is 114 cm³/mol. The van der Waals surface area contributed by atoms with Gasteiger partial charge < -0.3 is 36.8 Å². The Morgan fingerprint density at radius 3 is 1.70 bits per heavy atom. The fraction of sp³-hybridized carbons (Fsp3) is 0.700. The van der Waals surface area contributed by atoms with Gasteiger partial charge in [0.25, 0.3) is 0 Å². The second-order valence-corrected chi connectivity index (χ2v) is 8.54. The standard InChI is InChI=1S/C20H33N5O8/c1-8(2)6-12-18(31)24-13(7-14(27)28)19(32)25-15(11(5)26)20(33)22-9(3)16(29)21-10(4)17(30)23-12/h8-13,15,26H,6-7H2,1-5H3,(H,21,29)(H,22,33)(H,23,30)(H,24,31)(H,25,32)(H,27,28)/t9-,10+,11-,12+,13-,15-/m1/s1. The predicted octanol–water partition coefficient (Wildman–Crippen LogP) is -2.63. The maximum Gasteiger partial charge on any atom is 0.305 e. The topological polar surface area (TPSA) is 203 Å². The van der Waals surface area contributed by atoms with Crippen molar-refractivity contribution in [1.82, 2.24) is 26.6 Å². The summed E-state index contributed by atoms with van der Waals surface area (Å²) in [6, 6.07) is -6.43. The van der Waals surface area contributed by atoms with E-state index in [0.717, 1.165) is 0 Å². The number of nitrogens with one attached hydrogen (secondary N) is 5. The van der Waals surface area contributed by atoms with Crippen LogP contribution in [-0.2, 0) is 28.8 Å². The highest BCUT2D eigenvalue weighted by atomic mass is 16.4. The van der Waals surface area contributed by atoms with E-state index >= 15 is 0 Å². The van der Waals surface area contributed by atoms with Gasteiger partial charge in [-0.25, -0.2) is 0 Å². The van der Waals surface area contributed by atoms with E-state index in [2.05, 4.69) is 26.6 Å². The highest BCUT2D eigenvalue weighted by molar-refractivity contribution is 5.98. The van der Waals surface area contributed by atoms with Crippen molar-refractivity contribution in [2.24, 2.45) is 5.92 Å². The summed E-state index contributed by atoms with van der Waals surface area (Å²) >= 11 is 0. The number of carbonyl (C=O) groups is 6. The van der Waals surface area contributed by atoms with E-state index in [1.165, 1.54) is 20.8 Å². The SMILES string of the molecule is CC(C)C[C@@H]1NC(=O)[C@H](C)NC(=O)[C@@H](C)NC(=O)[C@@H]([C@@H](C)O)NC(=O)[C@@H](CC(=O)O)NC1=O. The van der Waals surface area contributed by atoms with Crippen molar-refractivity contribution in [3.8, 4) is 0 Å². The van der Waals surface area contributed by atoms with Gasteiger partial charge in [0.15, 0.2) is 0 Å². The zero-order valence-electron chi connectivity index (χ0n) is 19.3. The third-order valence-corrected chi connectivity index (χ3v) is 4.92. The summed E-state index contributed by atoms with van der Waals surface area (Å²) in [5, 5.41) is 30.9. The van der Waals surface area contributed by atoms with Gasteiger partial charge in [0.1, 0.15) is 30.2 Å². The molecule has 186 valence electrons. The number of carbonyl (C=O) groups excluding carboxylic acids is 5. The minimum Gasteiger partial charge on any atom is -0.481 e. The number of carboxylic acid groups (broad SMARTS) is 1. The molecule has 0 aromatic heterocycles. The number of aliphatic hydroxyl groups is 1. The lowest BCUT2D eigenvalue weighted by atomic mass is 10.0. The van der Waals surface area contributed by atoms with Crippen LogP contribution in [0.4, 0.5) is 0 Å². The van der Waals surface area contributed by atoms with Crippen LogP contribution in [0, 0.1) is 5.92 Å². The van der Waals surface area contributed by atoms with E-state index in [1.807, 2.05) is 0 Å². The van der Waals surface area contributed by atoms with Gasteiger partial charge in [-0.05, 0) is 33.1 Å². The fourth-order valence-corrected chi connectivity index (χ4v) is 3.09. The molecule has 13 nitrogen and oxygen atoms in total. The summed E-state index contributed by atoms with van der Waals surface area (Å²) in [7, 11) is 0. The van der Waals surface area contributed by atoms with Gasteiger partial charge in [-0.15, -0.1) is 0 Å². The second-order valence-electron chi connectivity index (χ2n) is 8.54.